The van der Waals surface area contributed by atoms with E-state index in [0.717, 1.165) is 16.1 Å². The van der Waals surface area contributed by atoms with Gasteiger partial charge < -0.3 is 9.62 Å². The van der Waals surface area contributed by atoms with Crippen LogP contribution in [0.2, 0.25) is 5.02 Å². The van der Waals surface area contributed by atoms with E-state index < -0.39 is 43.2 Å². The third kappa shape index (κ3) is 4.64. The lowest BCUT2D eigenvalue weighted by molar-refractivity contribution is 0.103. The Balaban J connectivity index is 1.64. The second-order valence-electron chi connectivity index (χ2n) is 9.14. The van der Waals surface area contributed by atoms with Crippen molar-refractivity contribution in [2.75, 3.05) is 11.3 Å². The molecule has 1 saturated carbocycles. The Kier molecular flexibility index (Phi) is 6.40. The first-order chi connectivity index (χ1) is 15.8. The second-order valence-corrected chi connectivity index (χ2v) is 13.2. The molecule has 2 heterocycles. The lowest BCUT2D eigenvalue weighted by Gasteiger charge is -2.44. The van der Waals surface area contributed by atoms with Gasteiger partial charge in [0, 0.05) is 24.5 Å². The van der Waals surface area contributed by atoms with Crippen LogP contribution in [0, 0.1) is 11.2 Å². The first-order valence-electron chi connectivity index (χ1n) is 10.7. The molecule has 2 aromatic rings. The van der Waals surface area contributed by atoms with Crippen LogP contribution in [0.1, 0.15) is 45.1 Å². The Morgan fingerprint density at radius 1 is 1.32 bits per heavy atom. The normalized spacial score (nSPS) is 22.7. The van der Waals surface area contributed by atoms with Crippen LogP contribution < -0.4 is 4.72 Å². The zero-order chi connectivity index (χ0) is 25.1. The van der Waals surface area contributed by atoms with Crippen molar-refractivity contribution in [3.8, 4) is 0 Å². The number of anilines is 1. The maximum absolute atomic E-state index is 14.5. The van der Waals surface area contributed by atoms with E-state index in [9.17, 15) is 21.4 Å². The van der Waals surface area contributed by atoms with E-state index in [-0.39, 0.29) is 46.4 Å². The van der Waals surface area contributed by atoms with E-state index in [1.165, 1.54) is 32.3 Å². The van der Waals surface area contributed by atoms with Gasteiger partial charge in [0.25, 0.3) is 0 Å². The topological polar surface area (TPSA) is 95.3 Å². The van der Waals surface area contributed by atoms with Gasteiger partial charge in [-0.15, -0.1) is 0 Å². The first kappa shape index (κ1) is 25.2. The number of nitrogens with zero attached hydrogens (tertiary/aromatic N) is 2. The maximum atomic E-state index is 14.5. The van der Waals surface area contributed by atoms with Gasteiger partial charge in [-0.1, -0.05) is 11.6 Å². The first-order valence-corrected chi connectivity index (χ1v) is 13.7. The molecule has 1 aliphatic heterocycles. The number of piperidine rings is 1. The summed E-state index contributed by atoms with van der Waals surface area (Å²) in [6.45, 7) is 3.25. The Hall–Kier alpha value is -1.92. The van der Waals surface area contributed by atoms with Crippen LogP contribution >= 0.6 is 11.6 Å². The average molecular weight is 529 g/mol. The van der Waals surface area contributed by atoms with Crippen molar-refractivity contribution in [1.29, 1.82) is 5.41 Å². The van der Waals surface area contributed by atoms with Crippen molar-refractivity contribution in [3.05, 3.63) is 47.0 Å². The van der Waals surface area contributed by atoms with Crippen molar-refractivity contribution in [1.82, 2.24) is 8.87 Å². The molecule has 2 unspecified atom stereocenters. The van der Waals surface area contributed by atoms with Crippen LogP contribution in [0.3, 0.4) is 0 Å². The van der Waals surface area contributed by atoms with E-state index in [1.807, 2.05) is 0 Å². The number of halogens is 3. The van der Waals surface area contributed by atoms with Crippen LogP contribution in [0.5, 0.6) is 0 Å². The molecule has 182 valence electrons. The van der Waals surface area contributed by atoms with Gasteiger partial charge in [0.2, 0.25) is 10.0 Å². The lowest BCUT2D eigenvalue weighted by Crippen LogP contribution is -2.53. The summed E-state index contributed by atoms with van der Waals surface area (Å²) in [6.07, 6.45) is 3.95. The Morgan fingerprint density at radius 3 is 2.62 bits per heavy atom. The highest BCUT2D eigenvalue weighted by Crippen LogP contribution is 2.52. The summed E-state index contributed by atoms with van der Waals surface area (Å²) >= 11 is 6.32. The van der Waals surface area contributed by atoms with Crippen molar-refractivity contribution in [2.24, 2.45) is 0 Å². The standard InChI is InChI=1S/C21H24BClF2N4O3S2/c1-13(2)34(31,32)28-7-3-15(11-28)33(30)27-17-10-14(24)9-16(23)18(17)19(26)29-8-6-21(22,25)12-20(29)4-5-20/h3,7,9-11,13,26-27H,4-6,8,12H2,1-2H3. The summed E-state index contributed by atoms with van der Waals surface area (Å²) in [4.78, 5) is 1.88. The van der Waals surface area contributed by atoms with Crippen LogP contribution in [0.4, 0.5) is 14.5 Å². The number of aromatic nitrogens is 1. The fourth-order valence-electron chi connectivity index (χ4n) is 4.26. The highest BCUT2D eigenvalue weighted by molar-refractivity contribution is 7.90. The molecule has 7 nitrogen and oxygen atoms in total. The molecule has 2 aliphatic rings. The molecule has 1 spiro atoms. The number of amidine groups is 1. The Morgan fingerprint density at radius 2 is 2.00 bits per heavy atom. The zero-order valence-electron chi connectivity index (χ0n) is 18.6. The zero-order valence-corrected chi connectivity index (χ0v) is 21.0. The minimum atomic E-state index is -3.64. The van der Waals surface area contributed by atoms with Gasteiger partial charge in [-0.25, -0.2) is 17.0 Å². The van der Waals surface area contributed by atoms with Crippen LogP contribution in [-0.4, -0.2) is 58.1 Å². The molecule has 34 heavy (non-hydrogen) atoms. The lowest BCUT2D eigenvalue weighted by atomic mass is 9.72. The van der Waals surface area contributed by atoms with E-state index in [1.54, 1.807) is 4.90 Å². The van der Waals surface area contributed by atoms with Gasteiger partial charge in [0.1, 0.15) is 19.5 Å². The molecule has 0 amide bonds. The number of hydrogen-bond donors (Lipinski definition) is 2. The molecular formula is C21H24BClF2N4O3S2. The molecule has 1 saturated heterocycles. The van der Waals surface area contributed by atoms with E-state index in [0.29, 0.717) is 12.8 Å². The average Bonchev–Trinajstić information content (AvgIpc) is 3.26. The Labute approximate surface area is 206 Å². The number of benzene rings is 1. The predicted octanol–water partition coefficient (Wildman–Crippen LogP) is 3.79. The number of alkyl halides is 1. The predicted molar refractivity (Wildman–Crippen MR) is 130 cm³/mol. The van der Waals surface area contributed by atoms with E-state index in [4.69, 9.17) is 24.9 Å². The molecule has 1 aliphatic carbocycles. The highest BCUT2D eigenvalue weighted by Gasteiger charge is 2.56. The Bertz CT molecular complexity index is 1280. The van der Waals surface area contributed by atoms with Gasteiger partial charge >= 0.3 is 0 Å². The van der Waals surface area contributed by atoms with Crippen molar-refractivity contribution < 1.29 is 21.4 Å². The summed E-state index contributed by atoms with van der Waals surface area (Å²) < 4.78 is 70.0. The highest BCUT2D eigenvalue weighted by atomic mass is 35.5. The minimum absolute atomic E-state index is 0.00781. The molecular weight excluding hydrogens is 505 g/mol. The van der Waals surface area contributed by atoms with Gasteiger partial charge in [0.05, 0.1) is 32.0 Å². The molecule has 0 bridgehead atoms. The molecule has 2 fully saturated rings. The molecule has 2 radical (unpaired) electrons. The summed E-state index contributed by atoms with van der Waals surface area (Å²) in [7, 11) is 0.101. The summed E-state index contributed by atoms with van der Waals surface area (Å²) in [5.74, 6) is -0.747. The van der Waals surface area contributed by atoms with Gasteiger partial charge in [-0.3, -0.25) is 13.8 Å². The van der Waals surface area contributed by atoms with Crippen LogP contribution in [-0.2, 0) is 21.0 Å². The van der Waals surface area contributed by atoms with Crippen LogP contribution in [0.15, 0.2) is 35.5 Å². The molecule has 2 atom stereocenters. The molecule has 13 heteroatoms. The van der Waals surface area contributed by atoms with Crippen molar-refractivity contribution in [2.45, 2.75) is 60.8 Å². The van der Waals surface area contributed by atoms with Gasteiger partial charge in [0.15, 0.2) is 11.0 Å². The molecule has 1 aromatic heterocycles. The second kappa shape index (κ2) is 8.63. The fourth-order valence-corrected chi connectivity index (χ4v) is 6.48. The largest absolute Gasteiger partial charge is 0.351 e. The smallest absolute Gasteiger partial charge is 0.240 e. The number of hydrogen-bond acceptors (Lipinski definition) is 4. The monoisotopic (exact) mass is 528 g/mol. The molecule has 1 aromatic carbocycles. The number of nitrogens with one attached hydrogen (secondary N) is 2. The van der Waals surface area contributed by atoms with E-state index >= 15 is 0 Å². The van der Waals surface area contributed by atoms with E-state index in [2.05, 4.69) is 4.72 Å². The number of likely N-dealkylation sites (tertiary alicyclic amines) is 1. The quantitative estimate of drug-likeness (QED) is 0.339. The molecule has 2 N–H and O–H groups in total. The SMILES string of the molecule is [B]C1(F)CCN(C(=N)c2c(Cl)cc(F)cc2NS(=O)c2ccn(S(=O)(=O)C(C)C)c2)C2(CC2)C1. The fraction of sp³-hybridized carbons (Fsp3) is 0.476. The van der Waals surface area contributed by atoms with Crippen LogP contribution in [0.25, 0.3) is 0 Å². The summed E-state index contributed by atoms with van der Waals surface area (Å²) in [5.41, 5.74) is -2.27. The van der Waals surface area contributed by atoms with Gasteiger partial charge in [-0.2, -0.15) is 0 Å². The summed E-state index contributed by atoms with van der Waals surface area (Å²) in [5, 5.41) is 8.07. The van der Waals surface area contributed by atoms with Crippen molar-refractivity contribution in [3.63, 3.8) is 0 Å². The minimum Gasteiger partial charge on any atom is -0.351 e. The third-order valence-electron chi connectivity index (χ3n) is 6.28. The van der Waals surface area contributed by atoms with Gasteiger partial charge in [-0.05, 0) is 57.7 Å². The summed E-state index contributed by atoms with van der Waals surface area (Å²) in [6, 6.07) is 3.50. The molecule has 4 rings (SSSR count). The third-order valence-corrected chi connectivity index (χ3v) is 9.66. The maximum Gasteiger partial charge on any atom is 0.240 e. The number of rotatable bonds is 6. The van der Waals surface area contributed by atoms with Crippen molar-refractivity contribution >= 4 is 52.0 Å².